The highest BCUT2D eigenvalue weighted by molar-refractivity contribution is 7.80. The third kappa shape index (κ3) is 2.77. The van der Waals surface area contributed by atoms with E-state index in [9.17, 15) is 8.78 Å². The third-order valence-electron chi connectivity index (χ3n) is 3.12. The van der Waals surface area contributed by atoms with Gasteiger partial charge < -0.3 is 11.1 Å². The number of thiocarbonyl (C=S) groups is 1. The zero-order chi connectivity index (χ0) is 14.9. The molecule has 1 aromatic carbocycles. The normalized spacial score (nSPS) is 10.6. The summed E-state index contributed by atoms with van der Waals surface area (Å²) in [5.41, 5.74) is 7.11. The number of halogens is 2. The maximum Gasteiger partial charge on any atom is 0.150 e. The van der Waals surface area contributed by atoms with Gasteiger partial charge in [-0.15, -0.1) is 0 Å². The minimum atomic E-state index is -0.727. The number of anilines is 1. The summed E-state index contributed by atoms with van der Waals surface area (Å²) in [5.74, 6) is -1.45. The molecule has 106 valence electrons. The molecule has 1 aromatic heterocycles. The summed E-state index contributed by atoms with van der Waals surface area (Å²) in [6, 6.07) is 2.23. The molecular formula is C13H14F2N4S. The maximum absolute atomic E-state index is 13.8. The van der Waals surface area contributed by atoms with Crippen LogP contribution in [0.5, 0.6) is 0 Å². The van der Waals surface area contributed by atoms with Crippen LogP contribution in [0, 0.1) is 18.6 Å². The molecule has 0 radical (unpaired) electrons. The predicted octanol–water partition coefficient (Wildman–Crippen LogP) is 2.25. The van der Waals surface area contributed by atoms with Crippen LogP contribution in [0.2, 0.25) is 0 Å². The molecule has 20 heavy (non-hydrogen) atoms. The van der Waals surface area contributed by atoms with Gasteiger partial charge in [0.15, 0.2) is 0 Å². The first-order valence-corrected chi connectivity index (χ1v) is 6.31. The molecule has 0 atom stereocenters. The first-order valence-electron chi connectivity index (χ1n) is 5.90. The second kappa shape index (κ2) is 5.54. The molecule has 3 N–H and O–H groups in total. The number of aromatic nitrogens is 2. The Bertz CT molecular complexity index is 643. The quantitative estimate of drug-likeness (QED) is 0.850. The first kappa shape index (κ1) is 14.4. The highest BCUT2D eigenvalue weighted by Crippen LogP contribution is 2.22. The molecule has 0 amide bonds. The van der Waals surface area contributed by atoms with Crippen molar-refractivity contribution < 1.29 is 8.78 Å². The van der Waals surface area contributed by atoms with Gasteiger partial charge in [0.2, 0.25) is 0 Å². The van der Waals surface area contributed by atoms with Gasteiger partial charge in [-0.1, -0.05) is 12.2 Å². The summed E-state index contributed by atoms with van der Waals surface area (Å²) < 4.78 is 29.4. The highest BCUT2D eigenvalue weighted by atomic mass is 32.1. The Morgan fingerprint density at radius 3 is 2.45 bits per heavy atom. The average Bonchev–Trinajstić information content (AvgIpc) is 2.69. The van der Waals surface area contributed by atoms with Crippen molar-refractivity contribution >= 4 is 22.9 Å². The van der Waals surface area contributed by atoms with Crippen molar-refractivity contribution in [1.29, 1.82) is 0 Å². The number of hydrogen-bond donors (Lipinski definition) is 2. The molecule has 0 aliphatic rings. The second-order valence-electron chi connectivity index (χ2n) is 4.41. The summed E-state index contributed by atoms with van der Waals surface area (Å²) in [5, 5.41) is 6.80. The number of nitrogens with zero attached hydrogens (tertiary/aromatic N) is 2. The van der Waals surface area contributed by atoms with E-state index in [-0.39, 0.29) is 22.8 Å². The van der Waals surface area contributed by atoms with Crippen LogP contribution in [0.1, 0.15) is 16.8 Å². The van der Waals surface area contributed by atoms with Gasteiger partial charge in [-0.25, -0.2) is 8.78 Å². The van der Waals surface area contributed by atoms with Gasteiger partial charge in [0.1, 0.15) is 22.3 Å². The molecule has 2 rings (SSSR count). The van der Waals surface area contributed by atoms with E-state index in [0.29, 0.717) is 0 Å². The first-order chi connectivity index (χ1) is 9.40. The van der Waals surface area contributed by atoms with Gasteiger partial charge >= 0.3 is 0 Å². The predicted molar refractivity (Wildman–Crippen MR) is 77.5 cm³/mol. The van der Waals surface area contributed by atoms with Crippen LogP contribution in [0.25, 0.3) is 0 Å². The Balaban J connectivity index is 2.22. The van der Waals surface area contributed by atoms with Gasteiger partial charge in [0, 0.05) is 30.4 Å². The number of nitrogens with one attached hydrogen (secondary N) is 1. The third-order valence-corrected chi connectivity index (χ3v) is 3.35. The van der Waals surface area contributed by atoms with E-state index in [2.05, 4.69) is 10.4 Å². The fourth-order valence-electron chi connectivity index (χ4n) is 1.79. The topological polar surface area (TPSA) is 55.9 Å². The molecule has 0 saturated heterocycles. The summed E-state index contributed by atoms with van der Waals surface area (Å²) in [4.78, 5) is -0.0440. The van der Waals surface area contributed by atoms with Gasteiger partial charge in [0.25, 0.3) is 0 Å². The molecule has 0 unspecified atom stereocenters. The maximum atomic E-state index is 13.8. The highest BCUT2D eigenvalue weighted by Gasteiger charge is 2.13. The smallest absolute Gasteiger partial charge is 0.150 e. The fourth-order valence-corrected chi connectivity index (χ4v) is 1.90. The van der Waals surface area contributed by atoms with E-state index in [1.807, 2.05) is 6.92 Å². The van der Waals surface area contributed by atoms with Crippen molar-refractivity contribution in [2.24, 2.45) is 12.8 Å². The Morgan fingerprint density at radius 2 is 2.00 bits per heavy atom. The Kier molecular flexibility index (Phi) is 3.99. The summed E-state index contributed by atoms with van der Waals surface area (Å²) in [7, 11) is 1.80. The largest absolute Gasteiger partial charge is 0.389 e. The molecule has 2 aromatic rings. The number of aryl methyl sites for hydroxylation is 1. The molecule has 0 spiro atoms. The van der Waals surface area contributed by atoms with Gasteiger partial charge in [-0.3, -0.25) is 4.68 Å². The van der Waals surface area contributed by atoms with Crippen LogP contribution in [0.15, 0.2) is 18.3 Å². The number of nitrogens with two attached hydrogens (primary N) is 1. The summed E-state index contributed by atoms with van der Waals surface area (Å²) in [6.45, 7) is 2.16. The van der Waals surface area contributed by atoms with Gasteiger partial charge in [0.05, 0.1) is 6.20 Å². The van der Waals surface area contributed by atoms with E-state index in [0.717, 1.165) is 23.4 Å². The molecule has 1 heterocycles. The number of rotatable bonds is 4. The van der Waals surface area contributed by atoms with Crippen LogP contribution in [0.4, 0.5) is 14.5 Å². The number of benzene rings is 1. The molecule has 7 heteroatoms. The molecule has 0 bridgehead atoms. The van der Waals surface area contributed by atoms with Crippen molar-refractivity contribution in [2.75, 3.05) is 5.32 Å². The van der Waals surface area contributed by atoms with E-state index in [4.69, 9.17) is 18.0 Å². The minimum Gasteiger partial charge on any atom is -0.389 e. The van der Waals surface area contributed by atoms with Gasteiger partial charge in [-0.05, 0) is 19.1 Å². The zero-order valence-electron chi connectivity index (χ0n) is 11.1. The van der Waals surface area contributed by atoms with E-state index in [1.165, 1.54) is 0 Å². The van der Waals surface area contributed by atoms with Crippen molar-refractivity contribution in [2.45, 2.75) is 13.5 Å². The number of hydrogen-bond acceptors (Lipinski definition) is 3. The lowest BCUT2D eigenvalue weighted by molar-refractivity contribution is 0.587. The van der Waals surface area contributed by atoms with Crippen molar-refractivity contribution in [1.82, 2.24) is 9.78 Å². The Morgan fingerprint density at radius 1 is 1.40 bits per heavy atom. The van der Waals surface area contributed by atoms with E-state index >= 15 is 0 Å². The van der Waals surface area contributed by atoms with Crippen LogP contribution in [0.3, 0.4) is 0 Å². The average molecular weight is 296 g/mol. The molecule has 4 nitrogen and oxygen atoms in total. The monoisotopic (exact) mass is 296 g/mol. The van der Waals surface area contributed by atoms with Crippen LogP contribution in [-0.2, 0) is 13.6 Å². The lowest BCUT2D eigenvalue weighted by Crippen LogP contribution is -2.12. The fraction of sp³-hybridized carbons (Fsp3) is 0.231. The summed E-state index contributed by atoms with van der Waals surface area (Å²) in [6.07, 6.45) is 1.65. The van der Waals surface area contributed by atoms with Crippen LogP contribution < -0.4 is 11.1 Å². The molecular weight excluding hydrogens is 282 g/mol. The Hall–Kier alpha value is -2.02. The molecule has 0 fully saturated rings. The Labute approximate surface area is 120 Å². The zero-order valence-corrected chi connectivity index (χ0v) is 11.9. The van der Waals surface area contributed by atoms with E-state index < -0.39 is 11.6 Å². The molecule has 0 saturated carbocycles. The summed E-state index contributed by atoms with van der Waals surface area (Å²) >= 11 is 4.70. The van der Waals surface area contributed by atoms with Crippen LogP contribution >= 0.6 is 12.2 Å². The van der Waals surface area contributed by atoms with Gasteiger partial charge in [-0.2, -0.15) is 5.10 Å². The lowest BCUT2D eigenvalue weighted by atomic mass is 10.1. The lowest BCUT2D eigenvalue weighted by Gasteiger charge is -2.10. The molecule has 0 aliphatic heterocycles. The van der Waals surface area contributed by atoms with Crippen LogP contribution in [-0.4, -0.2) is 14.8 Å². The van der Waals surface area contributed by atoms with Crippen molar-refractivity contribution in [3.8, 4) is 0 Å². The minimum absolute atomic E-state index is 0.0440. The standard InChI is InChI=1S/C13H14F2N4S/c1-7-9(6-18-19(7)2)5-17-12-10(14)3-8(13(16)20)4-11(12)15/h3-4,6,17H,5H2,1-2H3,(H2,16,20). The SMILES string of the molecule is Cc1c(CNc2c(F)cc(C(N)=S)cc2F)cnn1C. The van der Waals surface area contributed by atoms with Crippen molar-refractivity contribution in [3.63, 3.8) is 0 Å². The second-order valence-corrected chi connectivity index (χ2v) is 4.85. The molecule has 0 aliphatic carbocycles. The van der Waals surface area contributed by atoms with E-state index in [1.54, 1.807) is 17.9 Å². The van der Waals surface area contributed by atoms with Crippen molar-refractivity contribution in [3.05, 3.63) is 46.8 Å².